The molecule has 136 valence electrons. The monoisotopic (exact) mass is 359 g/mol. The Morgan fingerprint density at radius 1 is 1.19 bits per heavy atom. The van der Waals surface area contributed by atoms with Gasteiger partial charge in [0.25, 0.3) is 5.56 Å². The number of pyridine rings is 1. The third-order valence-corrected chi connectivity index (χ3v) is 5.24. The van der Waals surface area contributed by atoms with Crippen LogP contribution in [-0.4, -0.2) is 27.6 Å². The van der Waals surface area contributed by atoms with Gasteiger partial charge in [0.05, 0.1) is 22.8 Å². The van der Waals surface area contributed by atoms with Crippen LogP contribution in [0.4, 0.5) is 5.82 Å². The van der Waals surface area contributed by atoms with Gasteiger partial charge < -0.3 is 4.90 Å². The van der Waals surface area contributed by atoms with Gasteiger partial charge in [0.1, 0.15) is 11.9 Å². The molecule has 4 rings (SSSR count). The van der Waals surface area contributed by atoms with Crippen molar-refractivity contribution in [2.45, 2.75) is 26.3 Å². The molecule has 0 amide bonds. The summed E-state index contributed by atoms with van der Waals surface area (Å²) >= 11 is 0. The number of nitrogens with zero attached hydrogens (tertiary/aromatic N) is 5. The van der Waals surface area contributed by atoms with Gasteiger partial charge in [-0.25, -0.2) is 9.97 Å². The van der Waals surface area contributed by atoms with Crippen molar-refractivity contribution in [1.29, 1.82) is 5.26 Å². The lowest BCUT2D eigenvalue weighted by atomic mass is 9.96. The minimum atomic E-state index is 0.0233. The maximum Gasteiger partial charge on any atom is 0.261 e. The molecule has 0 radical (unpaired) electrons. The van der Waals surface area contributed by atoms with E-state index in [1.165, 1.54) is 0 Å². The van der Waals surface area contributed by atoms with Crippen molar-refractivity contribution < 1.29 is 0 Å². The fourth-order valence-electron chi connectivity index (χ4n) is 3.71. The second-order valence-corrected chi connectivity index (χ2v) is 7.09. The predicted molar refractivity (Wildman–Crippen MR) is 105 cm³/mol. The smallest absolute Gasteiger partial charge is 0.261 e. The molecule has 0 unspecified atom stereocenters. The van der Waals surface area contributed by atoms with E-state index in [9.17, 15) is 10.1 Å². The molecular formula is C21H21N5O. The Kier molecular flexibility index (Phi) is 4.59. The molecule has 0 aliphatic carbocycles. The summed E-state index contributed by atoms with van der Waals surface area (Å²) in [6.45, 7) is 4.30. The lowest BCUT2D eigenvalue weighted by molar-refractivity contribution is 0.351. The highest BCUT2D eigenvalue weighted by Crippen LogP contribution is 2.25. The van der Waals surface area contributed by atoms with Crippen LogP contribution in [0.25, 0.3) is 10.9 Å². The third kappa shape index (κ3) is 3.41. The van der Waals surface area contributed by atoms with Crippen LogP contribution >= 0.6 is 0 Å². The van der Waals surface area contributed by atoms with Gasteiger partial charge in [0.2, 0.25) is 0 Å². The first-order chi connectivity index (χ1) is 13.2. The van der Waals surface area contributed by atoms with Crippen molar-refractivity contribution in [2.24, 2.45) is 5.92 Å². The molecule has 0 saturated carbocycles. The second kappa shape index (κ2) is 7.20. The zero-order valence-electron chi connectivity index (χ0n) is 15.3. The Morgan fingerprint density at radius 3 is 2.74 bits per heavy atom. The highest BCUT2D eigenvalue weighted by Gasteiger charge is 2.23. The van der Waals surface area contributed by atoms with Crippen LogP contribution in [0, 0.1) is 24.2 Å². The van der Waals surface area contributed by atoms with Crippen molar-refractivity contribution in [3.63, 3.8) is 0 Å². The van der Waals surface area contributed by atoms with Crippen LogP contribution in [0.2, 0.25) is 0 Å². The standard InChI is InChI=1S/C21H21N5O/c1-15-6-7-17(12-22)20(24-15)25-10-8-16(9-11-25)13-26-14-23-19-5-3-2-4-18(19)21(26)27/h2-7,14,16H,8-11,13H2,1H3. The lowest BCUT2D eigenvalue weighted by Gasteiger charge is -2.33. The molecule has 2 aromatic heterocycles. The maximum absolute atomic E-state index is 12.7. The number of hydrogen-bond donors (Lipinski definition) is 0. The van der Waals surface area contributed by atoms with Gasteiger partial charge >= 0.3 is 0 Å². The van der Waals surface area contributed by atoms with Crippen LogP contribution in [0.1, 0.15) is 24.1 Å². The molecule has 0 spiro atoms. The molecule has 1 fully saturated rings. The van der Waals surface area contributed by atoms with Gasteiger partial charge in [-0.3, -0.25) is 9.36 Å². The van der Waals surface area contributed by atoms with Crippen LogP contribution in [0.5, 0.6) is 0 Å². The van der Waals surface area contributed by atoms with Crippen molar-refractivity contribution in [3.05, 3.63) is 64.3 Å². The van der Waals surface area contributed by atoms with E-state index in [0.29, 0.717) is 23.4 Å². The predicted octanol–water partition coefficient (Wildman–Crippen LogP) is 2.89. The van der Waals surface area contributed by atoms with Crippen molar-refractivity contribution >= 4 is 16.7 Å². The molecule has 1 aromatic carbocycles. The summed E-state index contributed by atoms with van der Waals surface area (Å²) in [5, 5.41) is 10.0. The van der Waals surface area contributed by atoms with Gasteiger partial charge in [-0.15, -0.1) is 0 Å². The molecule has 6 heteroatoms. The van der Waals surface area contributed by atoms with Crippen molar-refractivity contribution in [1.82, 2.24) is 14.5 Å². The molecule has 3 aromatic rings. The largest absolute Gasteiger partial charge is 0.355 e. The third-order valence-electron chi connectivity index (χ3n) is 5.24. The summed E-state index contributed by atoms with van der Waals surface area (Å²) in [6, 6.07) is 13.4. The van der Waals surface area contributed by atoms with Crippen LogP contribution < -0.4 is 10.5 Å². The Morgan fingerprint density at radius 2 is 1.96 bits per heavy atom. The zero-order chi connectivity index (χ0) is 18.8. The molecule has 6 nitrogen and oxygen atoms in total. The Hall–Kier alpha value is -3.20. The minimum Gasteiger partial charge on any atom is -0.355 e. The number of piperidine rings is 1. The number of aryl methyl sites for hydroxylation is 1. The summed E-state index contributed by atoms with van der Waals surface area (Å²) in [4.78, 5) is 23.8. The fraction of sp³-hybridized carbons (Fsp3) is 0.333. The normalized spacial score (nSPS) is 15.0. The SMILES string of the molecule is Cc1ccc(C#N)c(N2CCC(Cn3cnc4ccccc4c3=O)CC2)n1. The van der Waals surface area contributed by atoms with E-state index in [1.54, 1.807) is 10.9 Å². The number of rotatable bonds is 3. The first-order valence-electron chi connectivity index (χ1n) is 9.22. The first-order valence-corrected chi connectivity index (χ1v) is 9.22. The number of benzene rings is 1. The summed E-state index contributed by atoms with van der Waals surface area (Å²) in [5.74, 6) is 1.19. The molecule has 1 aliphatic rings. The van der Waals surface area contributed by atoms with Crippen LogP contribution in [-0.2, 0) is 6.54 Å². The first kappa shape index (κ1) is 17.2. The lowest BCUT2D eigenvalue weighted by Crippen LogP contribution is -2.37. The van der Waals surface area contributed by atoms with Gasteiger partial charge in [0.15, 0.2) is 0 Å². The van der Waals surface area contributed by atoms with E-state index in [0.717, 1.165) is 43.0 Å². The second-order valence-electron chi connectivity index (χ2n) is 7.09. The number of para-hydroxylation sites is 1. The highest BCUT2D eigenvalue weighted by atomic mass is 16.1. The number of hydrogen-bond acceptors (Lipinski definition) is 5. The molecule has 0 N–H and O–H groups in total. The Labute approximate surface area is 157 Å². The summed E-state index contributed by atoms with van der Waals surface area (Å²) in [7, 11) is 0. The van der Waals surface area contributed by atoms with Crippen molar-refractivity contribution in [2.75, 3.05) is 18.0 Å². The zero-order valence-corrected chi connectivity index (χ0v) is 15.3. The van der Waals surface area contributed by atoms with E-state index in [2.05, 4.69) is 20.9 Å². The maximum atomic E-state index is 12.7. The highest BCUT2D eigenvalue weighted by molar-refractivity contribution is 5.76. The van der Waals surface area contributed by atoms with Crippen LogP contribution in [0.15, 0.2) is 47.5 Å². The summed E-state index contributed by atoms with van der Waals surface area (Å²) in [6.07, 6.45) is 3.58. The number of aromatic nitrogens is 3. The Bertz CT molecular complexity index is 1070. The topological polar surface area (TPSA) is 74.8 Å². The minimum absolute atomic E-state index is 0.0233. The van der Waals surface area contributed by atoms with E-state index in [4.69, 9.17) is 0 Å². The average Bonchev–Trinajstić information content (AvgIpc) is 2.71. The molecule has 27 heavy (non-hydrogen) atoms. The molecule has 1 aliphatic heterocycles. The Balaban J connectivity index is 1.48. The summed E-state index contributed by atoms with van der Waals surface area (Å²) < 4.78 is 1.73. The fourth-order valence-corrected chi connectivity index (χ4v) is 3.71. The van der Waals surface area contributed by atoms with Crippen molar-refractivity contribution in [3.8, 4) is 6.07 Å². The van der Waals surface area contributed by atoms with E-state index in [-0.39, 0.29) is 5.56 Å². The van der Waals surface area contributed by atoms with Crippen LogP contribution in [0.3, 0.4) is 0 Å². The number of nitriles is 1. The van der Waals surface area contributed by atoms with Gasteiger partial charge in [-0.2, -0.15) is 5.26 Å². The molecular weight excluding hydrogens is 338 g/mol. The number of fused-ring (bicyclic) bond motifs is 1. The van der Waals surface area contributed by atoms with E-state index in [1.807, 2.05) is 43.3 Å². The average molecular weight is 359 g/mol. The molecule has 1 saturated heterocycles. The van der Waals surface area contributed by atoms with Gasteiger partial charge in [0, 0.05) is 25.3 Å². The quantitative estimate of drug-likeness (QED) is 0.719. The summed E-state index contributed by atoms with van der Waals surface area (Å²) in [5.41, 5.74) is 2.30. The van der Waals surface area contributed by atoms with Gasteiger partial charge in [-0.05, 0) is 49.9 Å². The molecule has 0 bridgehead atoms. The molecule has 3 heterocycles. The van der Waals surface area contributed by atoms with E-state index >= 15 is 0 Å². The van der Waals surface area contributed by atoms with Gasteiger partial charge in [-0.1, -0.05) is 12.1 Å². The van der Waals surface area contributed by atoms with E-state index < -0.39 is 0 Å². The molecule has 0 atom stereocenters. The number of anilines is 1.